The van der Waals surface area contributed by atoms with Crippen molar-refractivity contribution >= 4 is 50.9 Å². The number of nitrogens with one attached hydrogen (secondary N) is 2. The molecule has 4 heterocycles. The highest BCUT2D eigenvalue weighted by Gasteiger charge is 2.39. The average Bonchev–Trinajstić information content (AvgIpc) is 3.16. The number of aromatic amines is 1. The number of halogens is 1. The highest BCUT2D eigenvalue weighted by Crippen LogP contribution is 2.33. The van der Waals surface area contributed by atoms with Gasteiger partial charge in [-0.2, -0.15) is 0 Å². The Morgan fingerprint density at radius 3 is 2.72 bits per heavy atom. The molecule has 0 unspecified atom stereocenters. The highest BCUT2D eigenvalue weighted by molar-refractivity contribution is 6.33. The summed E-state index contributed by atoms with van der Waals surface area (Å²) in [6.45, 7) is 9.73. The number of aromatic nitrogens is 2. The van der Waals surface area contributed by atoms with E-state index in [4.69, 9.17) is 21.1 Å². The van der Waals surface area contributed by atoms with Crippen LogP contribution in [0, 0.1) is 0 Å². The predicted molar refractivity (Wildman–Crippen MR) is 139 cm³/mol. The number of morpholine rings is 2. The van der Waals surface area contributed by atoms with Crippen molar-refractivity contribution in [3.05, 3.63) is 35.6 Å². The van der Waals surface area contributed by atoms with E-state index in [-0.39, 0.29) is 37.2 Å². The number of carbonyl (C=O) groups is 2. The van der Waals surface area contributed by atoms with E-state index >= 15 is 0 Å². The van der Waals surface area contributed by atoms with Crippen molar-refractivity contribution in [1.29, 1.82) is 0 Å². The summed E-state index contributed by atoms with van der Waals surface area (Å²) >= 11 is 6.42. The highest BCUT2D eigenvalue weighted by atomic mass is 35.5. The monoisotopic (exact) mass is 513 g/mol. The van der Waals surface area contributed by atoms with Crippen molar-refractivity contribution in [2.75, 3.05) is 38.1 Å². The smallest absolute Gasteiger partial charge is 0.244 e. The van der Waals surface area contributed by atoms with Crippen LogP contribution in [0.15, 0.2) is 30.6 Å². The Bertz CT molecular complexity index is 1300. The van der Waals surface area contributed by atoms with Gasteiger partial charge in [-0.3, -0.25) is 19.5 Å². The molecular weight excluding hydrogens is 482 g/mol. The van der Waals surface area contributed by atoms with Crippen molar-refractivity contribution in [2.45, 2.75) is 51.5 Å². The van der Waals surface area contributed by atoms with E-state index in [2.05, 4.69) is 15.3 Å². The quantitative estimate of drug-likeness (QED) is 0.554. The number of anilines is 1. The van der Waals surface area contributed by atoms with Gasteiger partial charge in [0.1, 0.15) is 6.04 Å². The number of carbonyl (C=O) groups excluding carboxylic acids is 2. The van der Waals surface area contributed by atoms with Crippen LogP contribution in [0.5, 0.6) is 0 Å². The lowest BCUT2D eigenvalue weighted by atomic mass is 10.0. The summed E-state index contributed by atoms with van der Waals surface area (Å²) in [5, 5.41) is 5.43. The SMILES string of the molecule is C[C@@H]1CN(C(=O)CN2CC(C)(C)OC[C@H]2C(=O)Nc2cc(Cl)cc3c2[nH]c2cnccc23)C[C@@H](C)O1. The standard InChI is InChI=1S/C26H32ClN5O4/c1-15-10-31(11-16(2)36-15)23(33)12-32-14-26(3,4)35-13-22(32)25(34)30-20-8-17(27)7-19-18-5-6-28-9-21(18)29-24(19)20/h5-9,15-16,22,29H,10-14H2,1-4H3,(H,30,34)/t15-,16-,22+/m1/s1. The summed E-state index contributed by atoms with van der Waals surface area (Å²) < 4.78 is 11.8. The van der Waals surface area contributed by atoms with Gasteiger partial charge in [0.05, 0.1) is 53.9 Å². The first-order valence-electron chi connectivity index (χ1n) is 12.3. The second-order valence-corrected chi connectivity index (χ2v) is 10.9. The molecule has 2 fully saturated rings. The fourth-order valence-electron chi connectivity index (χ4n) is 5.25. The van der Waals surface area contributed by atoms with Gasteiger partial charge in [-0.1, -0.05) is 11.6 Å². The van der Waals surface area contributed by atoms with Gasteiger partial charge in [0.15, 0.2) is 0 Å². The molecule has 2 aliphatic rings. The number of amides is 2. The molecule has 3 aromatic rings. The molecule has 2 amide bonds. The first-order chi connectivity index (χ1) is 17.1. The van der Waals surface area contributed by atoms with E-state index in [1.165, 1.54) is 0 Å². The van der Waals surface area contributed by atoms with E-state index in [1.54, 1.807) is 18.5 Å². The minimum absolute atomic E-state index is 0.0132. The van der Waals surface area contributed by atoms with Gasteiger partial charge < -0.3 is 24.7 Å². The Balaban J connectivity index is 1.39. The van der Waals surface area contributed by atoms with Crippen molar-refractivity contribution in [2.24, 2.45) is 0 Å². The van der Waals surface area contributed by atoms with Gasteiger partial charge >= 0.3 is 0 Å². The van der Waals surface area contributed by atoms with Crippen LogP contribution in [0.25, 0.3) is 21.8 Å². The number of nitrogens with zero attached hydrogens (tertiary/aromatic N) is 3. The molecule has 1 aromatic carbocycles. The number of hydrogen-bond donors (Lipinski definition) is 2. The van der Waals surface area contributed by atoms with E-state index in [1.807, 2.05) is 49.6 Å². The van der Waals surface area contributed by atoms with E-state index in [0.717, 1.165) is 21.8 Å². The lowest BCUT2D eigenvalue weighted by Gasteiger charge is -2.43. The fraction of sp³-hybridized carbons (Fsp3) is 0.500. The molecular formula is C26H32ClN5O4. The van der Waals surface area contributed by atoms with Gasteiger partial charge in [0.25, 0.3) is 0 Å². The summed E-state index contributed by atoms with van der Waals surface area (Å²) in [6.07, 6.45) is 3.43. The first kappa shape index (κ1) is 25.0. The van der Waals surface area contributed by atoms with Gasteiger partial charge in [-0.25, -0.2) is 0 Å². The lowest BCUT2D eigenvalue weighted by Crippen LogP contribution is -2.61. The minimum Gasteiger partial charge on any atom is -0.372 e. The van der Waals surface area contributed by atoms with Gasteiger partial charge in [0, 0.05) is 41.6 Å². The predicted octanol–water partition coefficient (Wildman–Crippen LogP) is 3.42. The van der Waals surface area contributed by atoms with Gasteiger partial charge in [-0.05, 0) is 45.9 Å². The number of fused-ring (bicyclic) bond motifs is 3. The maximum atomic E-state index is 13.6. The summed E-state index contributed by atoms with van der Waals surface area (Å²) in [5.74, 6) is -0.261. The normalized spacial score (nSPS) is 24.8. The summed E-state index contributed by atoms with van der Waals surface area (Å²) in [5.41, 5.74) is 1.72. The number of hydrogen-bond acceptors (Lipinski definition) is 6. The van der Waals surface area contributed by atoms with Crippen LogP contribution in [-0.2, 0) is 19.1 Å². The van der Waals surface area contributed by atoms with Gasteiger partial charge in [0.2, 0.25) is 11.8 Å². The third kappa shape index (κ3) is 5.06. The van der Waals surface area contributed by atoms with E-state index < -0.39 is 11.6 Å². The molecule has 0 radical (unpaired) electrons. The van der Waals surface area contributed by atoms with E-state index in [9.17, 15) is 9.59 Å². The number of ether oxygens (including phenoxy) is 2. The third-order valence-electron chi connectivity index (χ3n) is 6.80. The maximum Gasteiger partial charge on any atom is 0.244 e. The average molecular weight is 514 g/mol. The van der Waals surface area contributed by atoms with Crippen LogP contribution in [0.1, 0.15) is 27.7 Å². The molecule has 2 aromatic heterocycles. The zero-order chi connectivity index (χ0) is 25.6. The van der Waals surface area contributed by atoms with Crippen molar-refractivity contribution in [3.63, 3.8) is 0 Å². The zero-order valence-corrected chi connectivity index (χ0v) is 21.8. The largest absolute Gasteiger partial charge is 0.372 e. The number of rotatable bonds is 4. The molecule has 0 bridgehead atoms. The fourth-order valence-corrected chi connectivity index (χ4v) is 5.47. The topological polar surface area (TPSA) is 99.8 Å². The van der Waals surface area contributed by atoms with Crippen LogP contribution in [0.2, 0.25) is 5.02 Å². The molecule has 36 heavy (non-hydrogen) atoms. The molecule has 192 valence electrons. The molecule has 0 aliphatic carbocycles. The summed E-state index contributed by atoms with van der Waals surface area (Å²) in [6, 6.07) is 4.88. The number of benzene rings is 1. The van der Waals surface area contributed by atoms with Crippen LogP contribution in [-0.4, -0.2) is 88.2 Å². The minimum atomic E-state index is -0.627. The summed E-state index contributed by atoms with van der Waals surface area (Å²) in [7, 11) is 0. The van der Waals surface area contributed by atoms with Crippen LogP contribution < -0.4 is 5.32 Å². The molecule has 5 rings (SSSR count). The number of pyridine rings is 1. The first-order valence-corrected chi connectivity index (χ1v) is 12.6. The second-order valence-electron chi connectivity index (χ2n) is 10.5. The molecule has 2 saturated heterocycles. The third-order valence-corrected chi connectivity index (χ3v) is 7.02. The zero-order valence-electron chi connectivity index (χ0n) is 21.0. The Kier molecular flexibility index (Phi) is 6.67. The van der Waals surface area contributed by atoms with Gasteiger partial charge in [-0.15, -0.1) is 0 Å². The van der Waals surface area contributed by atoms with Crippen molar-refractivity contribution in [1.82, 2.24) is 19.8 Å². The molecule has 0 spiro atoms. The lowest BCUT2D eigenvalue weighted by molar-refractivity contribution is -0.156. The second kappa shape index (κ2) is 9.63. The maximum absolute atomic E-state index is 13.6. The molecule has 10 heteroatoms. The van der Waals surface area contributed by atoms with Crippen molar-refractivity contribution < 1.29 is 19.1 Å². The Hall–Kier alpha value is -2.72. The van der Waals surface area contributed by atoms with E-state index in [0.29, 0.717) is 30.3 Å². The Morgan fingerprint density at radius 2 is 1.97 bits per heavy atom. The summed E-state index contributed by atoms with van der Waals surface area (Å²) in [4.78, 5) is 38.1. The van der Waals surface area contributed by atoms with Crippen molar-refractivity contribution in [3.8, 4) is 0 Å². The Labute approximate surface area is 215 Å². The van der Waals surface area contributed by atoms with Crippen LogP contribution >= 0.6 is 11.6 Å². The Morgan fingerprint density at radius 1 is 1.22 bits per heavy atom. The van der Waals surface area contributed by atoms with Crippen LogP contribution in [0.3, 0.4) is 0 Å². The number of H-pyrrole nitrogens is 1. The molecule has 0 saturated carbocycles. The molecule has 2 aliphatic heterocycles. The van der Waals surface area contributed by atoms with Crippen LogP contribution in [0.4, 0.5) is 5.69 Å². The molecule has 2 N–H and O–H groups in total. The molecule has 9 nitrogen and oxygen atoms in total. The molecule has 3 atom stereocenters.